The largest absolute Gasteiger partial charge is 0.504 e. The Labute approximate surface area is 173 Å². The van der Waals surface area contributed by atoms with Crippen LogP contribution in [-0.2, 0) is 7.05 Å². The van der Waals surface area contributed by atoms with Crippen molar-refractivity contribution in [3.8, 4) is 17.2 Å². The highest BCUT2D eigenvalue weighted by molar-refractivity contribution is 5.88. The summed E-state index contributed by atoms with van der Waals surface area (Å²) >= 11 is 0. The molecule has 0 amide bonds. The lowest BCUT2D eigenvalue weighted by Gasteiger charge is -2.13. The molecule has 0 aliphatic carbocycles. The number of rotatable bonds is 10. The van der Waals surface area contributed by atoms with E-state index in [-0.39, 0.29) is 23.7 Å². The van der Waals surface area contributed by atoms with E-state index in [0.717, 1.165) is 25.7 Å². The zero-order chi connectivity index (χ0) is 21.4. The molecule has 2 aromatic rings. The lowest BCUT2D eigenvalue weighted by atomic mass is 10.1. The SMILES string of the molecule is CCCCOc1ccc2c(O)c(OC/C=C(\C)CCC=C(C)C)c(=O)n(C)c2c1. The Hall–Kier alpha value is -2.69. The van der Waals surface area contributed by atoms with Crippen LogP contribution in [0.1, 0.15) is 53.4 Å². The van der Waals surface area contributed by atoms with E-state index in [1.165, 1.54) is 15.7 Å². The van der Waals surface area contributed by atoms with E-state index in [1.54, 1.807) is 25.2 Å². The van der Waals surface area contributed by atoms with Crippen molar-refractivity contribution >= 4 is 10.9 Å². The molecule has 1 aromatic heterocycles. The molecule has 1 heterocycles. The fourth-order valence-electron chi connectivity index (χ4n) is 2.99. The average molecular weight is 400 g/mol. The lowest BCUT2D eigenvalue weighted by Crippen LogP contribution is -2.20. The van der Waals surface area contributed by atoms with E-state index < -0.39 is 0 Å². The second-order valence-electron chi connectivity index (χ2n) is 7.60. The van der Waals surface area contributed by atoms with Gasteiger partial charge in [-0.05, 0) is 58.2 Å². The van der Waals surface area contributed by atoms with E-state index in [0.29, 0.717) is 23.3 Å². The van der Waals surface area contributed by atoms with Crippen molar-refractivity contribution in [2.24, 2.45) is 7.05 Å². The second kappa shape index (κ2) is 10.7. The Kier molecular flexibility index (Phi) is 8.37. The van der Waals surface area contributed by atoms with Gasteiger partial charge in [0.2, 0.25) is 5.75 Å². The number of hydrogen-bond donors (Lipinski definition) is 1. The van der Waals surface area contributed by atoms with Gasteiger partial charge in [0, 0.05) is 18.5 Å². The van der Waals surface area contributed by atoms with Crippen molar-refractivity contribution < 1.29 is 14.6 Å². The van der Waals surface area contributed by atoms with Gasteiger partial charge in [0.05, 0.1) is 12.1 Å². The normalized spacial score (nSPS) is 11.6. The Morgan fingerprint density at radius 3 is 2.62 bits per heavy atom. The average Bonchev–Trinajstić information content (AvgIpc) is 2.68. The topological polar surface area (TPSA) is 60.7 Å². The van der Waals surface area contributed by atoms with Gasteiger partial charge in [-0.1, -0.05) is 30.6 Å². The van der Waals surface area contributed by atoms with Gasteiger partial charge in [-0.15, -0.1) is 0 Å². The molecule has 0 aliphatic heterocycles. The zero-order valence-corrected chi connectivity index (χ0v) is 18.2. The first-order chi connectivity index (χ1) is 13.8. The van der Waals surface area contributed by atoms with Gasteiger partial charge in [-0.3, -0.25) is 4.79 Å². The molecule has 0 radical (unpaired) electrons. The van der Waals surface area contributed by atoms with E-state index in [2.05, 4.69) is 26.8 Å². The molecule has 0 spiro atoms. The van der Waals surface area contributed by atoms with Crippen LogP contribution < -0.4 is 15.0 Å². The molecule has 0 fully saturated rings. The highest BCUT2D eigenvalue weighted by atomic mass is 16.5. The number of fused-ring (bicyclic) bond motifs is 1. The maximum atomic E-state index is 12.7. The summed E-state index contributed by atoms with van der Waals surface area (Å²) < 4.78 is 12.9. The predicted octanol–water partition coefficient (Wildman–Crippen LogP) is 5.49. The molecule has 0 unspecified atom stereocenters. The molecule has 0 saturated heterocycles. The molecule has 29 heavy (non-hydrogen) atoms. The van der Waals surface area contributed by atoms with E-state index in [1.807, 2.05) is 13.0 Å². The number of nitrogens with zero attached hydrogens (tertiary/aromatic N) is 1. The summed E-state index contributed by atoms with van der Waals surface area (Å²) in [7, 11) is 1.67. The smallest absolute Gasteiger partial charge is 0.297 e. The third-order valence-corrected chi connectivity index (χ3v) is 4.82. The Balaban J connectivity index is 2.19. The van der Waals surface area contributed by atoms with E-state index >= 15 is 0 Å². The molecule has 1 aromatic carbocycles. The number of hydrogen-bond acceptors (Lipinski definition) is 4. The molecule has 158 valence electrons. The van der Waals surface area contributed by atoms with Crippen LogP contribution >= 0.6 is 0 Å². The third-order valence-electron chi connectivity index (χ3n) is 4.82. The number of aryl methyl sites for hydroxylation is 1. The van der Waals surface area contributed by atoms with Crippen LogP contribution in [0, 0.1) is 0 Å². The second-order valence-corrected chi connectivity index (χ2v) is 7.60. The standard InChI is InChI=1S/C24H33NO4/c1-6-7-14-28-19-11-12-20-21(16-19)25(5)24(27)23(22(20)26)29-15-13-18(4)10-8-9-17(2)3/h9,11-13,16,26H,6-8,10,14-15H2,1-5H3/b18-13+. The minimum absolute atomic E-state index is 0.0204. The summed E-state index contributed by atoms with van der Waals surface area (Å²) in [6.45, 7) is 9.19. The number of benzene rings is 1. The molecular weight excluding hydrogens is 366 g/mol. The van der Waals surface area contributed by atoms with Crippen molar-refractivity contribution in [3.63, 3.8) is 0 Å². The minimum atomic E-state index is -0.365. The van der Waals surface area contributed by atoms with Gasteiger partial charge in [0.25, 0.3) is 5.56 Å². The van der Waals surface area contributed by atoms with Crippen LogP contribution in [-0.4, -0.2) is 22.9 Å². The van der Waals surface area contributed by atoms with Gasteiger partial charge in [0.1, 0.15) is 12.4 Å². The summed E-state index contributed by atoms with van der Waals surface area (Å²) in [5, 5.41) is 11.2. The molecule has 5 heteroatoms. The van der Waals surface area contributed by atoms with E-state index in [9.17, 15) is 9.90 Å². The van der Waals surface area contributed by atoms with Crippen molar-refractivity contribution in [2.45, 2.75) is 53.4 Å². The number of ether oxygens (including phenoxy) is 2. The van der Waals surface area contributed by atoms with Crippen LogP contribution in [0.15, 0.2) is 46.3 Å². The van der Waals surface area contributed by atoms with Gasteiger partial charge in [-0.2, -0.15) is 0 Å². The van der Waals surface area contributed by atoms with Gasteiger partial charge in [-0.25, -0.2) is 0 Å². The molecule has 1 N–H and O–H groups in total. The molecule has 0 aliphatic rings. The predicted molar refractivity (Wildman–Crippen MR) is 119 cm³/mol. The Morgan fingerprint density at radius 1 is 1.17 bits per heavy atom. The van der Waals surface area contributed by atoms with Crippen LogP contribution in [0.5, 0.6) is 17.2 Å². The number of aromatic nitrogens is 1. The Morgan fingerprint density at radius 2 is 1.93 bits per heavy atom. The van der Waals surface area contributed by atoms with Gasteiger partial charge >= 0.3 is 0 Å². The molecule has 2 rings (SSSR count). The lowest BCUT2D eigenvalue weighted by molar-refractivity contribution is 0.309. The maximum absolute atomic E-state index is 12.7. The van der Waals surface area contributed by atoms with Crippen LogP contribution in [0.2, 0.25) is 0 Å². The number of aromatic hydroxyl groups is 1. The first kappa shape index (κ1) is 22.6. The minimum Gasteiger partial charge on any atom is -0.504 e. The monoisotopic (exact) mass is 399 g/mol. The number of unbranched alkanes of at least 4 members (excludes halogenated alkanes) is 1. The van der Waals surface area contributed by atoms with E-state index in [4.69, 9.17) is 9.47 Å². The molecule has 0 atom stereocenters. The summed E-state index contributed by atoms with van der Waals surface area (Å²) in [6.07, 6.45) is 8.09. The van der Waals surface area contributed by atoms with Crippen LogP contribution in [0.3, 0.4) is 0 Å². The molecular formula is C24H33NO4. The fourth-order valence-corrected chi connectivity index (χ4v) is 2.99. The first-order valence-corrected chi connectivity index (χ1v) is 10.3. The number of allylic oxidation sites excluding steroid dienone is 3. The maximum Gasteiger partial charge on any atom is 0.297 e. The van der Waals surface area contributed by atoms with Crippen molar-refractivity contribution in [1.29, 1.82) is 0 Å². The van der Waals surface area contributed by atoms with Crippen molar-refractivity contribution in [3.05, 3.63) is 51.9 Å². The fraction of sp³-hybridized carbons (Fsp3) is 0.458. The molecule has 5 nitrogen and oxygen atoms in total. The van der Waals surface area contributed by atoms with Crippen LogP contribution in [0.25, 0.3) is 10.9 Å². The van der Waals surface area contributed by atoms with Crippen molar-refractivity contribution in [1.82, 2.24) is 4.57 Å². The summed E-state index contributed by atoms with van der Waals surface area (Å²) in [4.78, 5) is 12.7. The summed E-state index contributed by atoms with van der Waals surface area (Å²) in [5.41, 5.74) is 2.74. The quantitative estimate of drug-likeness (QED) is 0.424. The van der Waals surface area contributed by atoms with Crippen molar-refractivity contribution in [2.75, 3.05) is 13.2 Å². The molecule has 0 bridgehead atoms. The zero-order valence-electron chi connectivity index (χ0n) is 18.2. The Bertz CT molecular complexity index is 949. The van der Waals surface area contributed by atoms with Gasteiger partial charge < -0.3 is 19.1 Å². The first-order valence-electron chi connectivity index (χ1n) is 10.3. The third kappa shape index (κ3) is 6.14. The highest BCUT2D eigenvalue weighted by Gasteiger charge is 2.16. The highest BCUT2D eigenvalue weighted by Crippen LogP contribution is 2.33. The van der Waals surface area contributed by atoms with Crippen LogP contribution in [0.4, 0.5) is 0 Å². The molecule has 0 saturated carbocycles. The summed E-state index contributed by atoms with van der Waals surface area (Å²) in [6, 6.07) is 5.35. The number of pyridine rings is 1. The summed E-state index contributed by atoms with van der Waals surface area (Å²) in [5.74, 6) is 0.538. The van der Waals surface area contributed by atoms with Gasteiger partial charge in [0.15, 0.2) is 5.75 Å².